The van der Waals surface area contributed by atoms with E-state index >= 15 is 0 Å². The zero-order chi connectivity index (χ0) is 21.0. The molecule has 2 amide bonds. The maximum atomic E-state index is 13.1. The summed E-state index contributed by atoms with van der Waals surface area (Å²) in [5, 5.41) is 3.70. The minimum Gasteiger partial charge on any atom is -0.497 e. The average Bonchev–Trinajstić information content (AvgIpc) is 2.94. The number of ether oxygens (including phenoxy) is 1. The van der Waals surface area contributed by atoms with Crippen LogP contribution in [0.3, 0.4) is 0 Å². The molecule has 1 fully saturated rings. The van der Waals surface area contributed by atoms with Gasteiger partial charge in [0.05, 0.1) is 19.2 Å². The third-order valence-corrected chi connectivity index (χ3v) is 5.15. The lowest BCUT2D eigenvalue weighted by Gasteiger charge is -2.22. The molecule has 0 spiro atoms. The normalized spacial score (nSPS) is 16.1. The maximum absolute atomic E-state index is 13.1. The van der Waals surface area contributed by atoms with Crippen LogP contribution in [-0.2, 0) is 9.59 Å². The van der Waals surface area contributed by atoms with E-state index in [9.17, 15) is 9.59 Å². The number of carbonyl (C=O) groups excluding carboxylic acids is 2. The number of halogens is 1. The number of carbonyl (C=O) groups is 2. The Kier molecular flexibility index (Phi) is 6.51. The Balaban J connectivity index is 1.79. The molecule has 1 aliphatic rings. The zero-order valence-electron chi connectivity index (χ0n) is 15.8. The van der Waals surface area contributed by atoms with Crippen molar-refractivity contribution in [1.82, 2.24) is 4.90 Å². The molecule has 1 atom stereocenters. The van der Waals surface area contributed by atoms with E-state index in [1.165, 1.54) is 4.90 Å². The summed E-state index contributed by atoms with van der Waals surface area (Å²) >= 11 is 11.4. The van der Waals surface area contributed by atoms with Gasteiger partial charge in [-0.3, -0.25) is 14.5 Å². The molecular weight excluding hydrogens is 410 g/mol. The second-order valence-electron chi connectivity index (χ2n) is 6.37. The molecule has 150 valence electrons. The number of hydrogen-bond acceptors (Lipinski definition) is 4. The summed E-state index contributed by atoms with van der Waals surface area (Å²) in [6.07, 6.45) is 1.61. The van der Waals surface area contributed by atoms with E-state index in [1.54, 1.807) is 66.6 Å². The second kappa shape index (κ2) is 9.07. The Morgan fingerprint density at radius 1 is 1.24 bits per heavy atom. The Morgan fingerprint density at radius 3 is 2.48 bits per heavy atom. The Bertz CT molecular complexity index is 931. The van der Waals surface area contributed by atoms with Gasteiger partial charge in [-0.25, -0.2) is 0 Å². The summed E-state index contributed by atoms with van der Waals surface area (Å²) in [5.74, 6) is 0.126. The van der Waals surface area contributed by atoms with Crippen LogP contribution in [0.15, 0.2) is 61.2 Å². The number of anilines is 2. The molecule has 0 bridgehead atoms. The number of benzene rings is 2. The van der Waals surface area contributed by atoms with E-state index in [0.29, 0.717) is 33.8 Å². The van der Waals surface area contributed by atoms with Crippen LogP contribution in [0, 0.1) is 0 Å². The third-order valence-electron chi connectivity index (χ3n) is 4.48. The molecule has 0 aliphatic carbocycles. The van der Waals surface area contributed by atoms with Crippen molar-refractivity contribution in [3.63, 3.8) is 0 Å². The predicted molar refractivity (Wildman–Crippen MR) is 118 cm³/mol. The zero-order valence-corrected chi connectivity index (χ0v) is 17.4. The van der Waals surface area contributed by atoms with Crippen LogP contribution in [0.1, 0.15) is 6.42 Å². The third kappa shape index (κ3) is 4.58. The first-order chi connectivity index (χ1) is 13.9. The minimum absolute atomic E-state index is 0.0396. The molecular formula is C21H20ClN3O3S. The average molecular weight is 430 g/mol. The summed E-state index contributed by atoms with van der Waals surface area (Å²) in [6.45, 7) is 4.09. The van der Waals surface area contributed by atoms with Gasteiger partial charge in [0, 0.05) is 17.3 Å². The van der Waals surface area contributed by atoms with Crippen LogP contribution in [0.25, 0.3) is 0 Å². The highest BCUT2D eigenvalue weighted by Crippen LogP contribution is 2.28. The number of methoxy groups -OCH3 is 1. The molecule has 0 radical (unpaired) electrons. The van der Waals surface area contributed by atoms with Gasteiger partial charge in [0.1, 0.15) is 11.8 Å². The lowest BCUT2D eigenvalue weighted by molar-refractivity contribution is -0.124. The van der Waals surface area contributed by atoms with Crippen molar-refractivity contribution in [2.75, 3.05) is 23.9 Å². The quantitative estimate of drug-likeness (QED) is 0.534. The topological polar surface area (TPSA) is 61.9 Å². The van der Waals surface area contributed by atoms with Gasteiger partial charge in [0.25, 0.3) is 5.91 Å². The van der Waals surface area contributed by atoms with Gasteiger partial charge in [-0.2, -0.15) is 0 Å². The number of thiocarbonyl (C=S) groups is 1. The van der Waals surface area contributed by atoms with Crippen molar-refractivity contribution in [2.45, 2.75) is 12.5 Å². The van der Waals surface area contributed by atoms with Crippen LogP contribution >= 0.6 is 23.8 Å². The molecule has 1 aliphatic heterocycles. The standard InChI is InChI=1S/C21H20ClN3O3S/c1-3-12-24-18(13-19(26)23-15-6-4-14(22)5-7-15)20(27)25(21(24)29)16-8-10-17(28-2)11-9-16/h3-11,18H,1,12-13H2,2H3,(H,23,26). The lowest BCUT2D eigenvalue weighted by Crippen LogP contribution is -2.37. The Labute approximate surface area is 179 Å². The molecule has 1 unspecified atom stereocenters. The molecule has 1 heterocycles. The van der Waals surface area contributed by atoms with Crippen molar-refractivity contribution < 1.29 is 14.3 Å². The van der Waals surface area contributed by atoms with Crippen molar-refractivity contribution in [1.29, 1.82) is 0 Å². The first kappa shape index (κ1) is 20.8. The predicted octanol–water partition coefficient (Wildman–Crippen LogP) is 3.87. The van der Waals surface area contributed by atoms with E-state index in [2.05, 4.69) is 11.9 Å². The fraction of sp³-hybridized carbons (Fsp3) is 0.190. The number of amides is 2. The van der Waals surface area contributed by atoms with Gasteiger partial charge in [-0.1, -0.05) is 17.7 Å². The van der Waals surface area contributed by atoms with Crippen molar-refractivity contribution in [3.8, 4) is 5.75 Å². The van der Waals surface area contributed by atoms with E-state index in [4.69, 9.17) is 28.6 Å². The molecule has 2 aromatic carbocycles. The molecule has 3 rings (SSSR count). The first-order valence-electron chi connectivity index (χ1n) is 8.89. The molecule has 1 saturated heterocycles. The SMILES string of the molecule is C=CCN1C(=S)N(c2ccc(OC)cc2)C(=O)C1CC(=O)Nc1ccc(Cl)cc1. The monoisotopic (exact) mass is 429 g/mol. The second-order valence-corrected chi connectivity index (χ2v) is 7.17. The minimum atomic E-state index is -0.713. The number of nitrogens with one attached hydrogen (secondary N) is 1. The van der Waals surface area contributed by atoms with Crippen molar-refractivity contribution in [2.24, 2.45) is 0 Å². The van der Waals surface area contributed by atoms with Gasteiger partial charge in [0.15, 0.2) is 5.11 Å². The van der Waals surface area contributed by atoms with Crippen LogP contribution < -0.4 is 15.0 Å². The Hall–Kier alpha value is -2.90. The van der Waals surface area contributed by atoms with Crippen LogP contribution in [0.5, 0.6) is 5.75 Å². The Morgan fingerprint density at radius 2 is 1.90 bits per heavy atom. The molecule has 6 nitrogen and oxygen atoms in total. The highest BCUT2D eigenvalue weighted by atomic mass is 35.5. The van der Waals surface area contributed by atoms with Crippen molar-refractivity contribution >= 4 is 52.1 Å². The maximum Gasteiger partial charge on any atom is 0.256 e. The van der Waals surface area contributed by atoms with Gasteiger partial charge in [-0.15, -0.1) is 6.58 Å². The van der Waals surface area contributed by atoms with E-state index in [0.717, 1.165) is 0 Å². The summed E-state index contributed by atoms with van der Waals surface area (Å²) in [6, 6.07) is 13.1. The van der Waals surface area contributed by atoms with Crippen LogP contribution in [0.2, 0.25) is 5.02 Å². The number of nitrogens with zero attached hydrogens (tertiary/aromatic N) is 2. The molecule has 0 saturated carbocycles. The summed E-state index contributed by atoms with van der Waals surface area (Å²) in [7, 11) is 1.57. The highest BCUT2D eigenvalue weighted by molar-refractivity contribution is 7.80. The molecule has 0 aromatic heterocycles. The molecule has 8 heteroatoms. The van der Waals surface area contributed by atoms with Gasteiger partial charge in [-0.05, 0) is 60.7 Å². The summed E-state index contributed by atoms with van der Waals surface area (Å²) in [5.41, 5.74) is 1.23. The fourth-order valence-corrected chi connectivity index (χ4v) is 3.59. The van der Waals surface area contributed by atoms with Gasteiger partial charge in [0.2, 0.25) is 5.91 Å². The fourth-order valence-electron chi connectivity index (χ4n) is 3.07. The lowest BCUT2D eigenvalue weighted by atomic mass is 10.1. The van der Waals surface area contributed by atoms with E-state index < -0.39 is 6.04 Å². The molecule has 29 heavy (non-hydrogen) atoms. The smallest absolute Gasteiger partial charge is 0.256 e. The largest absolute Gasteiger partial charge is 0.497 e. The number of hydrogen-bond donors (Lipinski definition) is 1. The van der Waals surface area contributed by atoms with Crippen LogP contribution in [0.4, 0.5) is 11.4 Å². The van der Waals surface area contributed by atoms with Gasteiger partial charge < -0.3 is 15.0 Å². The van der Waals surface area contributed by atoms with Gasteiger partial charge >= 0.3 is 0 Å². The summed E-state index contributed by atoms with van der Waals surface area (Å²) in [4.78, 5) is 28.8. The van der Waals surface area contributed by atoms with E-state index in [-0.39, 0.29) is 18.2 Å². The first-order valence-corrected chi connectivity index (χ1v) is 9.68. The summed E-state index contributed by atoms with van der Waals surface area (Å²) < 4.78 is 5.16. The van der Waals surface area contributed by atoms with Crippen molar-refractivity contribution in [3.05, 3.63) is 66.2 Å². The van der Waals surface area contributed by atoms with Crippen LogP contribution in [-0.4, -0.2) is 41.5 Å². The number of rotatable bonds is 7. The molecule has 2 aromatic rings. The molecule has 1 N–H and O–H groups in total. The highest BCUT2D eigenvalue weighted by Gasteiger charge is 2.43. The van der Waals surface area contributed by atoms with E-state index in [1.807, 2.05) is 0 Å².